The second-order valence-electron chi connectivity index (χ2n) is 7.34. The maximum absolute atomic E-state index is 13.7. The van der Waals surface area contributed by atoms with Crippen molar-refractivity contribution in [2.24, 2.45) is 0 Å². The van der Waals surface area contributed by atoms with Crippen molar-refractivity contribution in [2.45, 2.75) is 45.8 Å². The Labute approximate surface area is 150 Å². The van der Waals surface area contributed by atoms with E-state index in [-0.39, 0.29) is 30.0 Å². The first-order chi connectivity index (χ1) is 12.2. The Morgan fingerprint density at radius 3 is 2.77 bits per heavy atom. The third kappa shape index (κ3) is 3.56. The standard InChI is InChI=1S/C19H22FN3O3/c1-19(2,3)26-18(25)23-14(10-12-9-13(20)6-7-16(12)23)11-22-8-4-5-15(21)17(22)24/h4-5,8-10H,6-7,11,21H2,1-3H3. The van der Waals surface area contributed by atoms with Crippen LogP contribution in [0.4, 0.5) is 14.9 Å². The number of anilines is 1. The first-order valence-corrected chi connectivity index (χ1v) is 8.43. The number of carbonyl (C=O) groups excluding carboxylic acids is 1. The fourth-order valence-electron chi connectivity index (χ4n) is 3.00. The lowest BCUT2D eigenvalue weighted by Gasteiger charge is -2.22. The van der Waals surface area contributed by atoms with Crippen LogP contribution in [-0.2, 0) is 17.7 Å². The van der Waals surface area contributed by atoms with E-state index in [9.17, 15) is 14.0 Å². The predicted octanol–water partition coefficient (Wildman–Crippen LogP) is 3.32. The van der Waals surface area contributed by atoms with Crippen LogP contribution in [0.3, 0.4) is 0 Å². The van der Waals surface area contributed by atoms with Gasteiger partial charge in [-0.1, -0.05) is 0 Å². The highest BCUT2D eigenvalue weighted by Crippen LogP contribution is 2.29. The van der Waals surface area contributed by atoms with Crippen molar-refractivity contribution in [3.63, 3.8) is 0 Å². The van der Waals surface area contributed by atoms with Crippen molar-refractivity contribution in [3.05, 3.63) is 57.5 Å². The molecule has 0 fully saturated rings. The molecule has 0 amide bonds. The average Bonchev–Trinajstić information content (AvgIpc) is 2.87. The molecule has 0 atom stereocenters. The van der Waals surface area contributed by atoms with E-state index in [1.54, 1.807) is 39.1 Å². The van der Waals surface area contributed by atoms with Crippen molar-refractivity contribution in [1.82, 2.24) is 9.13 Å². The first kappa shape index (κ1) is 18.0. The van der Waals surface area contributed by atoms with Crippen LogP contribution in [0, 0.1) is 0 Å². The summed E-state index contributed by atoms with van der Waals surface area (Å²) >= 11 is 0. The number of nitrogens with zero attached hydrogens (tertiary/aromatic N) is 2. The smallest absolute Gasteiger partial charge is 0.419 e. The molecule has 3 rings (SSSR count). The summed E-state index contributed by atoms with van der Waals surface area (Å²) in [5.74, 6) is -0.230. The van der Waals surface area contributed by atoms with Gasteiger partial charge in [0.25, 0.3) is 5.56 Å². The number of aromatic nitrogens is 2. The minimum atomic E-state index is -0.671. The number of ether oxygens (including phenoxy) is 1. The van der Waals surface area contributed by atoms with Crippen LogP contribution in [0.15, 0.2) is 35.0 Å². The molecule has 0 unspecified atom stereocenters. The van der Waals surface area contributed by atoms with E-state index in [1.807, 2.05) is 0 Å². The monoisotopic (exact) mass is 359 g/mol. The number of carbonyl (C=O) groups is 1. The number of nitrogen functional groups attached to an aromatic ring is 1. The number of allylic oxidation sites excluding steroid dienone is 1. The average molecular weight is 359 g/mol. The number of hydrogen-bond acceptors (Lipinski definition) is 4. The van der Waals surface area contributed by atoms with E-state index in [1.165, 1.54) is 21.3 Å². The zero-order chi connectivity index (χ0) is 19.1. The van der Waals surface area contributed by atoms with Crippen molar-refractivity contribution in [1.29, 1.82) is 0 Å². The van der Waals surface area contributed by atoms with Gasteiger partial charge in [0.05, 0.1) is 12.2 Å². The van der Waals surface area contributed by atoms with E-state index in [0.29, 0.717) is 23.4 Å². The molecular weight excluding hydrogens is 337 g/mol. The van der Waals surface area contributed by atoms with Gasteiger partial charge in [0.15, 0.2) is 0 Å². The summed E-state index contributed by atoms with van der Waals surface area (Å²) in [5, 5.41) is 0. The topological polar surface area (TPSA) is 79.2 Å². The normalized spacial score (nSPS) is 13.9. The lowest BCUT2D eigenvalue weighted by Crippen LogP contribution is -2.30. The summed E-state index contributed by atoms with van der Waals surface area (Å²) in [6, 6.07) is 4.90. The van der Waals surface area contributed by atoms with E-state index >= 15 is 0 Å². The number of rotatable bonds is 2. The highest BCUT2D eigenvalue weighted by Gasteiger charge is 2.26. The fraction of sp³-hybridized carbons (Fsp3) is 0.368. The Kier molecular flexibility index (Phi) is 4.48. The van der Waals surface area contributed by atoms with Crippen molar-refractivity contribution < 1.29 is 13.9 Å². The Balaban J connectivity index is 2.08. The highest BCUT2D eigenvalue weighted by molar-refractivity contribution is 5.76. The molecule has 6 nitrogen and oxygen atoms in total. The van der Waals surface area contributed by atoms with Crippen LogP contribution in [0.25, 0.3) is 6.08 Å². The van der Waals surface area contributed by atoms with E-state index < -0.39 is 11.7 Å². The second kappa shape index (κ2) is 6.48. The van der Waals surface area contributed by atoms with Gasteiger partial charge in [0.1, 0.15) is 11.4 Å². The number of fused-ring (bicyclic) bond motifs is 1. The zero-order valence-corrected chi connectivity index (χ0v) is 15.1. The minimum Gasteiger partial charge on any atom is -0.443 e. The van der Waals surface area contributed by atoms with E-state index in [4.69, 9.17) is 10.5 Å². The summed E-state index contributed by atoms with van der Waals surface area (Å²) in [4.78, 5) is 25.0. The van der Waals surface area contributed by atoms with Crippen LogP contribution in [0.2, 0.25) is 0 Å². The molecule has 7 heteroatoms. The highest BCUT2D eigenvalue weighted by atomic mass is 19.1. The fourth-order valence-corrected chi connectivity index (χ4v) is 3.00. The molecule has 0 saturated carbocycles. The molecule has 0 saturated heterocycles. The Hall–Kier alpha value is -2.83. The zero-order valence-electron chi connectivity index (χ0n) is 15.1. The molecule has 0 bridgehead atoms. The van der Waals surface area contributed by atoms with Crippen molar-refractivity contribution >= 4 is 17.9 Å². The largest absolute Gasteiger partial charge is 0.443 e. The maximum Gasteiger partial charge on any atom is 0.419 e. The predicted molar refractivity (Wildman–Crippen MR) is 97.7 cm³/mol. The maximum atomic E-state index is 13.7. The molecule has 0 spiro atoms. The molecule has 2 aromatic rings. The molecule has 2 heterocycles. The third-order valence-electron chi connectivity index (χ3n) is 4.08. The molecule has 1 aliphatic carbocycles. The van der Waals surface area contributed by atoms with Gasteiger partial charge in [-0.25, -0.2) is 9.18 Å². The Bertz CT molecular complexity index is 948. The number of hydrogen-bond donors (Lipinski definition) is 1. The van der Waals surface area contributed by atoms with E-state index in [2.05, 4.69) is 0 Å². The van der Waals surface area contributed by atoms with Crippen LogP contribution < -0.4 is 11.3 Å². The van der Waals surface area contributed by atoms with Crippen molar-refractivity contribution in [3.8, 4) is 0 Å². The van der Waals surface area contributed by atoms with Gasteiger partial charge in [0, 0.05) is 24.0 Å². The molecule has 1 aliphatic rings. The van der Waals surface area contributed by atoms with Gasteiger partial charge in [-0.2, -0.15) is 0 Å². The quantitative estimate of drug-likeness (QED) is 0.892. The minimum absolute atomic E-state index is 0.124. The molecule has 2 N–H and O–H groups in total. The molecule has 0 aliphatic heterocycles. The van der Waals surface area contributed by atoms with E-state index in [0.717, 1.165) is 0 Å². The Morgan fingerprint density at radius 1 is 1.35 bits per heavy atom. The van der Waals surface area contributed by atoms with Crippen LogP contribution in [-0.4, -0.2) is 20.8 Å². The van der Waals surface area contributed by atoms with Gasteiger partial charge >= 0.3 is 6.09 Å². The van der Waals surface area contributed by atoms with Crippen LogP contribution >= 0.6 is 0 Å². The molecule has 0 radical (unpaired) electrons. The molecular formula is C19H22FN3O3. The summed E-state index contributed by atoms with van der Waals surface area (Å²) in [7, 11) is 0. The summed E-state index contributed by atoms with van der Waals surface area (Å²) in [6.07, 6.45) is 3.10. The third-order valence-corrected chi connectivity index (χ3v) is 4.08. The second-order valence-corrected chi connectivity index (χ2v) is 7.34. The number of pyridine rings is 1. The van der Waals surface area contributed by atoms with Gasteiger partial charge < -0.3 is 15.0 Å². The molecule has 2 aromatic heterocycles. The van der Waals surface area contributed by atoms with Gasteiger partial charge in [-0.3, -0.25) is 9.36 Å². The van der Waals surface area contributed by atoms with Gasteiger partial charge in [-0.15, -0.1) is 0 Å². The van der Waals surface area contributed by atoms with Gasteiger partial charge in [-0.05, 0) is 57.0 Å². The Morgan fingerprint density at radius 2 is 2.08 bits per heavy atom. The SMILES string of the molecule is CC(C)(C)OC(=O)n1c(Cn2cccc(N)c2=O)cc2c1CCC(F)=C2. The number of halogens is 1. The lowest BCUT2D eigenvalue weighted by atomic mass is 10.0. The summed E-state index contributed by atoms with van der Waals surface area (Å²) in [5.41, 5.74) is 6.65. The van der Waals surface area contributed by atoms with Crippen LogP contribution in [0.1, 0.15) is 44.1 Å². The summed E-state index contributed by atoms with van der Waals surface area (Å²) in [6.45, 7) is 5.47. The van der Waals surface area contributed by atoms with Crippen LogP contribution in [0.5, 0.6) is 0 Å². The first-order valence-electron chi connectivity index (χ1n) is 8.43. The van der Waals surface area contributed by atoms with Gasteiger partial charge in [0.2, 0.25) is 0 Å². The summed E-state index contributed by atoms with van der Waals surface area (Å²) < 4.78 is 22.0. The lowest BCUT2D eigenvalue weighted by molar-refractivity contribution is 0.0527. The molecule has 0 aromatic carbocycles. The van der Waals surface area contributed by atoms with Crippen molar-refractivity contribution in [2.75, 3.05) is 5.73 Å². The number of nitrogens with two attached hydrogens (primary N) is 1. The molecule has 26 heavy (non-hydrogen) atoms. The molecule has 138 valence electrons.